The number of ether oxygens (including phenoxy) is 1. The molecule has 0 bridgehead atoms. The van der Waals surface area contributed by atoms with E-state index in [0.717, 1.165) is 32.9 Å². The van der Waals surface area contributed by atoms with Crippen LogP contribution in [0.2, 0.25) is 5.02 Å². The van der Waals surface area contributed by atoms with Crippen LogP contribution in [0.15, 0.2) is 99.5 Å². The molecule has 5 nitrogen and oxygen atoms in total. The topological polar surface area (TPSA) is 50.5 Å². The summed E-state index contributed by atoms with van der Waals surface area (Å²) in [5.74, 6) is 1.62. The predicted octanol–water partition coefficient (Wildman–Crippen LogP) is 7.44. The van der Waals surface area contributed by atoms with Gasteiger partial charge in [-0.3, -0.25) is 4.98 Å². The number of aromatic nitrogens is 1. The summed E-state index contributed by atoms with van der Waals surface area (Å²) in [6.07, 6.45) is 1.90. The third-order valence-electron chi connectivity index (χ3n) is 5.51. The number of halogens is 1. The van der Waals surface area contributed by atoms with Crippen molar-refractivity contribution in [2.45, 2.75) is 42.0 Å². The Bertz CT molecular complexity index is 1290. The van der Waals surface area contributed by atoms with Crippen molar-refractivity contribution in [1.29, 1.82) is 0 Å². The number of anilines is 1. The van der Waals surface area contributed by atoms with E-state index in [1.807, 2.05) is 92.7 Å². The molecule has 4 aromatic rings. The summed E-state index contributed by atoms with van der Waals surface area (Å²) in [5.41, 5.74) is 1.84. The smallest absolute Gasteiger partial charge is 0.174 e. The van der Waals surface area contributed by atoms with Crippen LogP contribution in [0.4, 0.5) is 5.69 Å². The average Bonchev–Trinajstić information content (AvgIpc) is 3.45. The molecule has 0 unspecified atom stereocenters. The maximum atomic E-state index is 6.37. The first kappa shape index (κ1) is 23.7. The van der Waals surface area contributed by atoms with Crippen LogP contribution in [-0.2, 0) is 0 Å². The van der Waals surface area contributed by atoms with Gasteiger partial charge < -0.3 is 19.4 Å². The molecule has 1 fully saturated rings. The largest absolute Gasteiger partial charge is 0.491 e. The Balaban J connectivity index is 1.49. The second-order valence-corrected chi connectivity index (χ2v) is 10.3. The van der Waals surface area contributed by atoms with Crippen LogP contribution >= 0.6 is 35.6 Å². The molecular weight excluding hydrogens is 498 g/mol. The monoisotopic (exact) mass is 521 g/mol. The first-order valence-corrected chi connectivity index (χ1v) is 12.9. The van der Waals surface area contributed by atoms with E-state index < -0.39 is 0 Å². The lowest BCUT2D eigenvalue weighted by Crippen LogP contribution is -2.29. The molecule has 1 N–H and O–H groups in total. The second-order valence-electron chi connectivity index (χ2n) is 8.37. The van der Waals surface area contributed by atoms with Crippen molar-refractivity contribution >= 4 is 46.4 Å². The van der Waals surface area contributed by atoms with Crippen LogP contribution in [0.1, 0.15) is 37.4 Å². The molecule has 2 atom stereocenters. The average molecular weight is 522 g/mol. The third-order valence-corrected chi connectivity index (χ3v) is 7.01. The van der Waals surface area contributed by atoms with Crippen molar-refractivity contribution in [3.05, 3.63) is 102 Å². The van der Waals surface area contributed by atoms with E-state index >= 15 is 0 Å². The molecule has 1 aliphatic rings. The van der Waals surface area contributed by atoms with E-state index in [0.29, 0.717) is 10.1 Å². The predicted molar refractivity (Wildman–Crippen MR) is 144 cm³/mol. The van der Waals surface area contributed by atoms with Gasteiger partial charge in [0, 0.05) is 21.8 Å². The lowest BCUT2D eigenvalue weighted by molar-refractivity contribution is 0.242. The number of nitrogens with one attached hydrogen (secondary N) is 1. The standard InChI is InChI=1S/C27H24ClN3O2S2/c1-17(2)32-20-10-8-19(9-11-20)31-26(25(30-27(31)34)22-5-3-4-16-29-22)23-14-15-24(33-23)35-21-12-6-18(28)7-13-21/h3-17,25-26H,1-2H3,(H,30,34)/t25-,26-/m0/s1. The van der Waals surface area contributed by atoms with Crippen LogP contribution in [0.25, 0.3) is 0 Å². The summed E-state index contributed by atoms with van der Waals surface area (Å²) in [6, 6.07) is 25.2. The van der Waals surface area contributed by atoms with Gasteiger partial charge in [0.1, 0.15) is 17.6 Å². The van der Waals surface area contributed by atoms with Gasteiger partial charge in [0.05, 0.1) is 17.8 Å². The first-order valence-electron chi connectivity index (χ1n) is 11.3. The normalized spacial score (nSPS) is 17.6. The maximum absolute atomic E-state index is 6.37. The molecule has 0 aliphatic carbocycles. The van der Waals surface area contributed by atoms with E-state index in [1.165, 1.54) is 0 Å². The summed E-state index contributed by atoms with van der Waals surface area (Å²) in [6.45, 7) is 4.02. The zero-order valence-electron chi connectivity index (χ0n) is 19.2. The zero-order chi connectivity index (χ0) is 24.4. The maximum Gasteiger partial charge on any atom is 0.174 e. The molecule has 35 heavy (non-hydrogen) atoms. The summed E-state index contributed by atoms with van der Waals surface area (Å²) >= 11 is 13.4. The van der Waals surface area contributed by atoms with Gasteiger partial charge in [0.2, 0.25) is 0 Å². The number of hydrogen-bond donors (Lipinski definition) is 1. The molecule has 0 amide bonds. The van der Waals surface area contributed by atoms with Crippen molar-refractivity contribution in [2.24, 2.45) is 0 Å². The Morgan fingerprint density at radius 2 is 1.80 bits per heavy atom. The molecule has 0 saturated carbocycles. The van der Waals surface area contributed by atoms with Gasteiger partial charge in [-0.05, 0) is 98.9 Å². The van der Waals surface area contributed by atoms with Crippen molar-refractivity contribution in [1.82, 2.24) is 10.3 Å². The van der Waals surface area contributed by atoms with Crippen LogP contribution in [0.5, 0.6) is 5.75 Å². The highest BCUT2D eigenvalue weighted by Crippen LogP contribution is 2.43. The van der Waals surface area contributed by atoms with Crippen LogP contribution in [0, 0.1) is 0 Å². The second kappa shape index (κ2) is 10.3. The summed E-state index contributed by atoms with van der Waals surface area (Å²) < 4.78 is 12.2. The molecule has 2 aromatic heterocycles. The van der Waals surface area contributed by atoms with Gasteiger partial charge >= 0.3 is 0 Å². The Hall–Kier alpha value is -3.00. The minimum atomic E-state index is -0.214. The lowest BCUT2D eigenvalue weighted by Gasteiger charge is -2.26. The van der Waals surface area contributed by atoms with Crippen LogP contribution < -0.4 is 15.0 Å². The van der Waals surface area contributed by atoms with Crippen LogP contribution in [-0.4, -0.2) is 16.2 Å². The SMILES string of the molecule is CC(C)Oc1ccc(N2C(=S)N[C@@H](c3ccccn3)[C@@H]2c2ccc(Sc3ccc(Cl)cc3)o2)cc1. The van der Waals surface area contributed by atoms with E-state index in [4.69, 9.17) is 33.0 Å². The third kappa shape index (κ3) is 5.32. The van der Waals surface area contributed by atoms with E-state index in [2.05, 4.69) is 15.2 Å². The molecule has 5 rings (SSSR count). The van der Waals surface area contributed by atoms with Crippen molar-refractivity contribution in [2.75, 3.05) is 4.90 Å². The molecule has 2 aromatic carbocycles. The minimum absolute atomic E-state index is 0.108. The number of rotatable bonds is 7. The fraction of sp³-hybridized carbons (Fsp3) is 0.185. The summed E-state index contributed by atoms with van der Waals surface area (Å²) in [7, 11) is 0. The van der Waals surface area contributed by atoms with E-state index in [1.54, 1.807) is 18.0 Å². The Kier molecular flexibility index (Phi) is 7.00. The molecule has 8 heteroatoms. The minimum Gasteiger partial charge on any atom is -0.491 e. The van der Waals surface area contributed by atoms with Gasteiger partial charge in [0.25, 0.3) is 0 Å². The van der Waals surface area contributed by atoms with Gasteiger partial charge in [-0.2, -0.15) is 0 Å². The molecular formula is C27H24ClN3O2S2. The zero-order valence-corrected chi connectivity index (χ0v) is 21.6. The number of pyridine rings is 1. The molecule has 1 saturated heterocycles. The highest BCUT2D eigenvalue weighted by atomic mass is 35.5. The number of hydrogen-bond acceptors (Lipinski definition) is 5. The van der Waals surface area contributed by atoms with Gasteiger partial charge in [-0.15, -0.1) is 0 Å². The van der Waals surface area contributed by atoms with Crippen molar-refractivity contribution in [3.8, 4) is 5.75 Å². The number of thiocarbonyl (C=S) groups is 1. The molecule has 0 radical (unpaired) electrons. The Labute approximate surface area is 219 Å². The van der Waals surface area contributed by atoms with Crippen LogP contribution in [0.3, 0.4) is 0 Å². The van der Waals surface area contributed by atoms with Crippen molar-refractivity contribution < 1.29 is 9.15 Å². The lowest BCUT2D eigenvalue weighted by atomic mass is 10.0. The van der Waals surface area contributed by atoms with Gasteiger partial charge in [-0.1, -0.05) is 29.4 Å². The van der Waals surface area contributed by atoms with E-state index in [9.17, 15) is 0 Å². The Morgan fingerprint density at radius 1 is 1.03 bits per heavy atom. The summed E-state index contributed by atoms with van der Waals surface area (Å²) in [4.78, 5) is 7.74. The molecule has 178 valence electrons. The van der Waals surface area contributed by atoms with Crippen molar-refractivity contribution in [3.63, 3.8) is 0 Å². The molecule has 3 heterocycles. The highest BCUT2D eigenvalue weighted by molar-refractivity contribution is 7.99. The molecule has 1 aliphatic heterocycles. The highest BCUT2D eigenvalue weighted by Gasteiger charge is 2.42. The fourth-order valence-corrected chi connectivity index (χ4v) is 5.30. The molecule has 0 spiro atoms. The quantitative estimate of drug-likeness (QED) is 0.253. The number of nitrogens with zero attached hydrogens (tertiary/aromatic N) is 2. The Morgan fingerprint density at radius 3 is 2.49 bits per heavy atom. The van der Waals surface area contributed by atoms with Gasteiger partial charge in [0.15, 0.2) is 10.2 Å². The first-order chi connectivity index (χ1) is 17.0. The van der Waals surface area contributed by atoms with E-state index in [-0.39, 0.29) is 18.2 Å². The summed E-state index contributed by atoms with van der Waals surface area (Å²) in [5, 5.41) is 5.58. The number of furan rings is 1. The fourth-order valence-electron chi connectivity index (χ4n) is 4.05. The van der Waals surface area contributed by atoms with Gasteiger partial charge in [-0.25, -0.2) is 0 Å². The number of benzene rings is 2.